The number of carbonyl (C=O) groups excluding carboxylic acids is 2. The Bertz CT molecular complexity index is 1330. The SMILES string of the molecule is COC(=O)Oc1cn2ncnc(C3C(=O)Nc4ccc(S(=O)(=O)N(C)C)cc43)c2c1C. The first-order chi connectivity index (χ1) is 14.6. The summed E-state index contributed by atoms with van der Waals surface area (Å²) in [6, 6.07) is 4.46. The summed E-state index contributed by atoms with van der Waals surface area (Å²) in [7, 11) is 0.362. The lowest BCUT2D eigenvalue weighted by atomic mass is 9.95. The number of hydrogen-bond acceptors (Lipinski definition) is 8. The summed E-state index contributed by atoms with van der Waals surface area (Å²) in [5, 5.41) is 6.89. The Labute approximate surface area is 177 Å². The van der Waals surface area contributed by atoms with Crippen LogP contribution in [0.4, 0.5) is 10.5 Å². The Morgan fingerprint density at radius 3 is 2.71 bits per heavy atom. The standard InChI is InChI=1S/C19H19N5O6S/c1-10-14(30-19(26)29-4)8-24-17(10)16(20-9-21-24)15-12-7-11(31(27,28)23(2)3)5-6-13(12)22-18(15)25/h5-9,15H,1-4H3,(H,22,25). The molecule has 3 aromatic rings. The minimum absolute atomic E-state index is 0.0599. The molecule has 162 valence electrons. The monoisotopic (exact) mass is 445 g/mol. The Balaban J connectivity index is 1.88. The summed E-state index contributed by atoms with van der Waals surface area (Å²) in [5.74, 6) is -1.03. The van der Waals surface area contributed by atoms with Crippen LogP contribution in [-0.2, 0) is 19.6 Å². The summed E-state index contributed by atoms with van der Waals surface area (Å²) < 4.78 is 37.4. The van der Waals surface area contributed by atoms with Gasteiger partial charge >= 0.3 is 6.16 Å². The first-order valence-corrected chi connectivity index (χ1v) is 10.5. The molecule has 1 atom stereocenters. The average molecular weight is 445 g/mol. The van der Waals surface area contributed by atoms with E-state index in [2.05, 4.69) is 20.1 Å². The highest BCUT2D eigenvalue weighted by Gasteiger charge is 2.36. The van der Waals surface area contributed by atoms with Gasteiger partial charge in [0.25, 0.3) is 0 Å². The van der Waals surface area contributed by atoms with Gasteiger partial charge in [-0.2, -0.15) is 5.10 Å². The zero-order chi connectivity index (χ0) is 22.5. The lowest BCUT2D eigenvalue weighted by Crippen LogP contribution is -2.22. The van der Waals surface area contributed by atoms with Crippen LogP contribution in [0.2, 0.25) is 0 Å². The number of carbonyl (C=O) groups is 2. The topological polar surface area (TPSA) is 132 Å². The Morgan fingerprint density at radius 1 is 1.29 bits per heavy atom. The second-order valence-electron chi connectivity index (χ2n) is 7.07. The zero-order valence-corrected chi connectivity index (χ0v) is 17.9. The number of fused-ring (bicyclic) bond motifs is 2. The van der Waals surface area contributed by atoms with Crippen molar-refractivity contribution in [3.8, 4) is 5.75 Å². The highest BCUT2D eigenvalue weighted by molar-refractivity contribution is 7.89. The third kappa shape index (κ3) is 3.29. The highest BCUT2D eigenvalue weighted by Crippen LogP contribution is 2.40. The third-order valence-corrected chi connectivity index (χ3v) is 6.89. The summed E-state index contributed by atoms with van der Waals surface area (Å²) in [6.45, 7) is 1.70. The van der Waals surface area contributed by atoms with Gasteiger partial charge in [-0.25, -0.2) is 27.0 Å². The van der Waals surface area contributed by atoms with Crippen molar-refractivity contribution in [2.75, 3.05) is 26.5 Å². The van der Waals surface area contributed by atoms with Crippen LogP contribution >= 0.6 is 0 Å². The number of nitrogens with zero attached hydrogens (tertiary/aromatic N) is 4. The number of sulfonamides is 1. The number of rotatable bonds is 4. The van der Waals surface area contributed by atoms with Crippen molar-refractivity contribution in [3.63, 3.8) is 0 Å². The first-order valence-electron chi connectivity index (χ1n) is 9.11. The molecule has 1 unspecified atom stereocenters. The Kier molecular flexibility index (Phi) is 4.90. The molecule has 2 aromatic heterocycles. The van der Waals surface area contributed by atoms with Crippen LogP contribution in [0.3, 0.4) is 0 Å². The van der Waals surface area contributed by atoms with Crippen LogP contribution in [0.25, 0.3) is 5.52 Å². The van der Waals surface area contributed by atoms with Crippen LogP contribution in [0.5, 0.6) is 5.75 Å². The van der Waals surface area contributed by atoms with E-state index in [0.717, 1.165) is 4.31 Å². The van der Waals surface area contributed by atoms with Gasteiger partial charge < -0.3 is 14.8 Å². The van der Waals surface area contributed by atoms with E-state index in [1.165, 1.54) is 50.4 Å². The molecule has 0 bridgehead atoms. The molecule has 0 aliphatic carbocycles. The fraction of sp³-hybridized carbons (Fsp3) is 0.263. The normalized spacial score (nSPS) is 15.8. The summed E-state index contributed by atoms with van der Waals surface area (Å²) in [6.07, 6.45) is 1.86. The van der Waals surface area contributed by atoms with Gasteiger partial charge in [0.2, 0.25) is 15.9 Å². The Morgan fingerprint density at radius 2 is 2.03 bits per heavy atom. The summed E-state index contributed by atoms with van der Waals surface area (Å²) in [4.78, 5) is 28.8. The highest BCUT2D eigenvalue weighted by atomic mass is 32.2. The second-order valence-corrected chi connectivity index (χ2v) is 9.22. The molecular weight excluding hydrogens is 426 g/mol. The van der Waals surface area contributed by atoms with Crippen molar-refractivity contribution in [1.82, 2.24) is 18.9 Å². The van der Waals surface area contributed by atoms with E-state index in [9.17, 15) is 18.0 Å². The first kappa shape index (κ1) is 20.8. The molecule has 1 aliphatic heterocycles. The fourth-order valence-electron chi connectivity index (χ4n) is 3.49. The number of aryl methyl sites for hydroxylation is 1. The van der Waals surface area contributed by atoms with Gasteiger partial charge in [0, 0.05) is 25.3 Å². The maximum Gasteiger partial charge on any atom is 0.513 e. The molecule has 0 fully saturated rings. The van der Waals surface area contributed by atoms with Crippen LogP contribution in [0.15, 0.2) is 35.6 Å². The Hall–Kier alpha value is -3.51. The van der Waals surface area contributed by atoms with Gasteiger partial charge in [-0.3, -0.25) is 4.79 Å². The molecule has 0 saturated carbocycles. The molecule has 12 heteroatoms. The third-order valence-electron chi connectivity index (χ3n) is 5.07. The van der Waals surface area contributed by atoms with Crippen molar-refractivity contribution < 1.29 is 27.5 Å². The van der Waals surface area contributed by atoms with Gasteiger partial charge in [0.05, 0.1) is 29.4 Å². The van der Waals surface area contributed by atoms with Crippen LogP contribution in [-0.4, -0.2) is 60.6 Å². The van der Waals surface area contributed by atoms with Crippen molar-refractivity contribution in [2.45, 2.75) is 17.7 Å². The van der Waals surface area contributed by atoms with Crippen LogP contribution in [0, 0.1) is 6.92 Å². The molecule has 0 radical (unpaired) electrons. The molecule has 4 rings (SSSR count). The van der Waals surface area contributed by atoms with Gasteiger partial charge in [-0.15, -0.1) is 0 Å². The molecule has 1 aliphatic rings. The molecule has 0 saturated heterocycles. The molecule has 0 spiro atoms. The molecule has 31 heavy (non-hydrogen) atoms. The molecule has 1 aromatic carbocycles. The van der Waals surface area contributed by atoms with Crippen molar-refractivity contribution in [3.05, 3.63) is 47.5 Å². The zero-order valence-electron chi connectivity index (χ0n) is 17.1. The van der Waals surface area contributed by atoms with E-state index in [0.29, 0.717) is 28.0 Å². The number of ether oxygens (including phenoxy) is 2. The molecule has 1 N–H and O–H groups in total. The maximum atomic E-state index is 12.9. The van der Waals surface area contributed by atoms with Crippen molar-refractivity contribution >= 4 is 33.3 Å². The van der Waals surface area contributed by atoms with Gasteiger partial charge in [0.1, 0.15) is 12.2 Å². The second kappa shape index (κ2) is 7.32. The number of hydrogen-bond donors (Lipinski definition) is 1. The van der Waals surface area contributed by atoms with Gasteiger partial charge in [0.15, 0.2) is 5.75 Å². The predicted octanol–water partition coefficient (Wildman–Crippen LogP) is 1.52. The number of benzene rings is 1. The number of amides is 1. The fourth-order valence-corrected chi connectivity index (χ4v) is 4.43. The summed E-state index contributed by atoms with van der Waals surface area (Å²) in [5.41, 5.74) is 2.32. The number of nitrogens with one attached hydrogen (secondary N) is 1. The van der Waals surface area contributed by atoms with E-state index >= 15 is 0 Å². The van der Waals surface area contributed by atoms with Crippen LogP contribution < -0.4 is 10.1 Å². The van der Waals surface area contributed by atoms with Crippen molar-refractivity contribution in [2.24, 2.45) is 0 Å². The van der Waals surface area contributed by atoms with E-state index in [4.69, 9.17) is 4.74 Å². The predicted molar refractivity (Wildman–Crippen MR) is 109 cm³/mol. The average Bonchev–Trinajstić information content (AvgIpc) is 3.23. The largest absolute Gasteiger partial charge is 0.513 e. The van der Waals surface area contributed by atoms with Crippen molar-refractivity contribution in [1.29, 1.82) is 0 Å². The van der Waals surface area contributed by atoms with E-state index in [-0.39, 0.29) is 16.6 Å². The quantitative estimate of drug-likeness (QED) is 0.598. The number of anilines is 1. The van der Waals surface area contributed by atoms with E-state index in [1.807, 2.05) is 0 Å². The van der Waals surface area contributed by atoms with Gasteiger partial charge in [-0.05, 0) is 30.7 Å². The molecule has 11 nitrogen and oxygen atoms in total. The smallest absolute Gasteiger partial charge is 0.437 e. The molecule has 3 heterocycles. The molecule has 1 amide bonds. The maximum absolute atomic E-state index is 12.9. The number of aromatic nitrogens is 3. The summed E-state index contributed by atoms with van der Waals surface area (Å²) >= 11 is 0. The minimum atomic E-state index is -3.70. The minimum Gasteiger partial charge on any atom is -0.437 e. The number of methoxy groups -OCH3 is 1. The van der Waals surface area contributed by atoms with E-state index in [1.54, 1.807) is 13.0 Å². The van der Waals surface area contributed by atoms with Crippen LogP contribution in [0.1, 0.15) is 22.7 Å². The lowest BCUT2D eigenvalue weighted by molar-refractivity contribution is -0.116. The lowest BCUT2D eigenvalue weighted by Gasteiger charge is -2.14. The van der Waals surface area contributed by atoms with Gasteiger partial charge in [-0.1, -0.05) is 0 Å². The molecular formula is C19H19N5O6S. The van der Waals surface area contributed by atoms with E-state index < -0.39 is 22.1 Å².